The van der Waals surface area contributed by atoms with Crippen LogP contribution in [0.3, 0.4) is 0 Å². The molecular weight excluding hydrogens is 202 g/mol. The number of hydrogen-bond donors (Lipinski definition) is 2. The van der Waals surface area contributed by atoms with Crippen molar-refractivity contribution in [1.29, 1.82) is 0 Å². The predicted octanol–water partition coefficient (Wildman–Crippen LogP) is 0.323. The maximum absolute atomic E-state index is 11.1. The van der Waals surface area contributed by atoms with Crippen LogP contribution in [0.15, 0.2) is 24.3 Å². The van der Waals surface area contributed by atoms with Gasteiger partial charge in [0.25, 0.3) is 0 Å². The summed E-state index contributed by atoms with van der Waals surface area (Å²) in [5, 5.41) is 2.78. The van der Waals surface area contributed by atoms with E-state index < -0.39 is 0 Å². The van der Waals surface area contributed by atoms with Gasteiger partial charge in [-0.2, -0.15) is 0 Å². The van der Waals surface area contributed by atoms with E-state index in [9.17, 15) is 4.79 Å². The van der Waals surface area contributed by atoms with E-state index in [-0.39, 0.29) is 12.5 Å². The fourth-order valence-corrected chi connectivity index (χ4v) is 1.49. The third-order valence-corrected chi connectivity index (χ3v) is 2.27. The van der Waals surface area contributed by atoms with Crippen molar-refractivity contribution in [2.45, 2.75) is 13.1 Å². The van der Waals surface area contributed by atoms with Crippen molar-refractivity contribution in [3.63, 3.8) is 0 Å². The third-order valence-electron chi connectivity index (χ3n) is 2.27. The Bertz CT molecular complexity index is 350. The number of nitrogens with one attached hydrogen (secondary N) is 1. The molecule has 0 aliphatic carbocycles. The molecule has 4 heteroatoms. The molecule has 1 aromatic carbocycles. The van der Waals surface area contributed by atoms with E-state index in [1.807, 2.05) is 32.3 Å². The summed E-state index contributed by atoms with van der Waals surface area (Å²) in [6, 6.07) is 8.08. The summed E-state index contributed by atoms with van der Waals surface area (Å²) in [6.45, 7) is 1.45. The highest BCUT2D eigenvalue weighted by Gasteiger charge is 2.04. The first-order valence-corrected chi connectivity index (χ1v) is 5.31. The van der Waals surface area contributed by atoms with Crippen LogP contribution in [0.5, 0.6) is 0 Å². The zero-order valence-corrected chi connectivity index (χ0v) is 9.86. The highest BCUT2D eigenvalue weighted by Crippen LogP contribution is 2.10. The molecule has 88 valence electrons. The molecule has 16 heavy (non-hydrogen) atoms. The summed E-state index contributed by atoms with van der Waals surface area (Å²) in [7, 11) is 4.05. The van der Waals surface area contributed by atoms with E-state index in [2.05, 4.69) is 16.3 Å². The molecule has 1 aromatic rings. The highest BCUT2D eigenvalue weighted by atomic mass is 16.1. The number of carbonyl (C=O) groups is 1. The molecule has 4 nitrogen and oxygen atoms in total. The standard InChI is InChI=1S/C12H19N3O/c1-15(2)9-11-6-4-3-5-10(11)8-14-12(16)7-13/h3-6H,7-9,13H2,1-2H3,(H,14,16). The Labute approximate surface area is 96.4 Å². The second kappa shape index (κ2) is 6.25. The fraction of sp³-hybridized carbons (Fsp3) is 0.417. The van der Waals surface area contributed by atoms with Crippen LogP contribution in [-0.2, 0) is 17.9 Å². The van der Waals surface area contributed by atoms with Gasteiger partial charge in [-0.25, -0.2) is 0 Å². The number of rotatable bonds is 5. The Morgan fingerprint density at radius 3 is 2.50 bits per heavy atom. The molecule has 0 atom stereocenters. The molecule has 1 amide bonds. The number of amides is 1. The van der Waals surface area contributed by atoms with Crippen molar-refractivity contribution in [3.8, 4) is 0 Å². The molecule has 0 heterocycles. The average molecular weight is 221 g/mol. The first-order chi connectivity index (χ1) is 7.63. The van der Waals surface area contributed by atoms with Gasteiger partial charge < -0.3 is 16.0 Å². The lowest BCUT2D eigenvalue weighted by Gasteiger charge is -2.14. The lowest BCUT2D eigenvalue weighted by atomic mass is 10.1. The van der Waals surface area contributed by atoms with Crippen LogP contribution in [0.4, 0.5) is 0 Å². The summed E-state index contributed by atoms with van der Waals surface area (Å²) in [6.07, 6.45) is 0. The van der Waals surface area contributed by atoms with Gasteiger partial charge in [0.1, 0.15) is 0 Å². The first kappa shape index (κ1) is 12.7. The molecule has 0 aliphatic rings. The van der Waals surface area contributed by atoms with E-state index in [1.54, 1.807) is 0 Å². The summed E-state index contributed by atoms with van der Waals surface area (Å²) >= 11 is 0. The van der Waals surface area contributed by atoms with Crippen molar-refractivity contribution >= 4 is 5.91 Å². The quantitative estimate of drug-likeness (QED) is 0.753. The Kier molecular flexibility index (Phi) is 4.95. The van der Waals surface area contributed by atoms with Crippen LogP contribution >= 0.6 is 0 Å². The van der Waals surface area contributed by atoms with Crippen molar-refractivity contribution in [2.24, 2.45) is 5.73 Å². The topological polar surface area (TPSA) is 58.4 Å². The van der Waals surface area contributed by atoms with Gasteiger partial charge >= 0.3 is 0 Å². The van der Waals surface area contributed by atoms with E-state index >= 15 is 0 Å². The fourth-order valence-electron chi connectivity index (χ4n) is 1.49. The number of carbonyl (C=O) groups excluding carboxylic acids is 1. The Hall–Kier alpha value is -1.39. The molecular formula is C12H19N3O. The van der Waals surface area contributed by atoms with Crippen molar-refractivity contribution < 1.29 is 4.79 Å². The van der Waals surface area contributed by atoms with E-state index in [4.69, 9.17) is 5.73 Å². The van der Waals surface area contributed by atoms with E-state index in [1.165, 1.54) is 5.56 Å². The minimum absolute atomic E-state index is 0.0375. The molecule has 0 saturated heterocycles. The Balaban J connectivity index is 2.67. The van der Waals surface area contributed by atoms with Crippen molar-refractivity contribution in [3.05, 3.63) is 35.4 Å². The molecule has 3 N–H and O–H groups in total. The second-order valence-electron chi connectivity index (χ2n) is 3.99. The van der Waals surface area contributed by atoms with Gasteiger partial charge in [-0.15, -0.1) is 0 Å². The van der Waals surface area contributed by atoms with Gasteiger partial charge in [-0.05, 0) is 25.2 Å². The van der Waals surface area contributed by atoms with Crippen LogP contribution in [-0.4, -0.2) is 31.4 Å². The molecule has 0 unspecified atom stereocenters. The molecule has 0 aromatic heterocycles. The van der Waals surface area contributed by atoms with Gasteiger partial charge in [0, 0.05) is 13.1 Å². The molecule has 0 fully saturated rings. The lowest BCUT2D eigenvalue weighted by Crippen LogP contribution is -2.30. The molecule has 1 rings (SSSR count). The van der Waals surface area contributed by atoms with Crippen LogP contribution in [0.1, 0.15) is 11.1 Å². The molecule has 0 radical (unpaired) electrons. The van der Waals surface area contributed by atoms with E-state index in [0.29, 0.717) is 6.54 Å². The molecule has 0 aliphatic heterocycles. The van der Waals surface area contributed by atoms with Gasteiger partial charge in [-0.1, -0.05) is 24.3 Å². The molecule has 0 spiro atoms. The number of benzene rings is 1. The van der Waals surface area contributed by atoms with Crippen molar-refractivity contribution in [2.75, 3.05) is 20.6 Å². The van der Waals surface area contributed by atoms with Gasteiger partial charge in [0.05, 0.1) is 6.54 Å². The summed E-state index contributed by atoms with van der Waals surface area (Å²) in [4.78, 5) is 13.2. The van der Waals surface area contributed by atoms with Gasteiger partial charge in [0.15, 0.2) is 0 Å². The Morgan fingerprint density at radius 2 is 1.94 bits per heavy atom. The number of nitrogens with zero attached hydrogens (tertiary/aromatic N) is 1. The average Bonchev–Trinajstić information content (AvgIpc) is 2.26. The maximum atomic E-state index is 11.1. The zero-order chi connectivity index (χ0) is 12.0. The molecule has 0 saturated carbocycles. The monoisotopic (exact) mass is 221 g/mol. The highest BCUT2D eigenvalue weighted by molar-refractivity contribution is 5.77. The van der Waals surface area contributed by atoms with Crippen LogP contribution in [0.2, 0.25) is 0 Å². The predicted molar refractivity (Wildman–Crippen MR) is 64.7 cm³/mol. The third kappa shape index (κ3) is 4.00. The summed E-state index contributed by atoms with van der Waals surface area (Å²) < 4.78 is 0. The van der Waals surface area contributed by atoms with Crippen LogP contribution in [0.25, 0.3) is 0 Å². The minimum atomic E-state index is -0.125. The second-order valence-corrected chi connectivity index (χ2v) is 3.99. The smallest absolute Gasteiger partial charge is 0.234 e. The number of nitrogens with two attached hydrogens (primary N) is 1. The summed E-state index contributed by atoms with van der Waals surface area (Å²) in [5.74, 6) is -0.125. The lowest BCUT2D eigenvalue weighted by molar-refractivity contribution is -0.119. The Morgan fingerprint density at radius 1 is 1.31 bits per heavy atom. The normalized spacial score (nSPS) is 10.5. The first-order valence-electron chi connectivity index (χ1n) is 5.31. The minimum Gasteiger partial charge on any atom is -0.351 e. The van der Waals surface area contributed by atoms with Gasteiger partial charge in [0.2, 0.25) is 5.91 Å². The maximum Gasteiger partial charge on any atom is 0.234 e. The van der Waals surface area contributed by atoms with Crippen LogP contribution < -0.4 is 11.1 Å². The van der Waals surface area contributed by atoms with Gasteiger partial charge in [-0.3, -0.25) is 4.79 Å². The SMILES string of the molecule is CN(C)Cc1ccccc1CNC(=O)CN. The zero-order valence-electron chi connectivity index (χ0n) is 9.86. The van der Waals surface area contributed by atoms with Crippen LogP contribution in [0, 0.1) is 0 Å². The van der Waals surface area contributed by atoms with Crippen molar-refractivity contribution in [1.82, 2.24) is 10.2 Å². The summed E-state index contributed by atoms with van der Waals surface area (Å²) in [5.41, 5.74) is 7.60. The van der Waals surface area contributed by atoms with E-state index in [0.717, 1.165) is 12.1 Å². The largest absolute Gasteiger partial charge is 0.351 e. The molecule has 0 bridgehead atoms. The number of hydrogen-bond acceptors (Lipinski definition) is 3.